The number of rotatable bonds is 6. The summed E-state index contributed by atoms with van der Waals surface area (Å²) in [6.45, 7) is 3.45. The number of halogens is 5. The molecule has 0 spiro atoms. The molecule has 0 unspecified atom stereocenters. The van der Waals surface area contributed by atoms with E-state index in [1.807, 2.05) is 12.1 Å². The number of hydrogen-bond acceptors (Lipinski definition) is 8. The lowest BCUT2D eigenvalue weighted by Crippen LogP contribution is -2.43. The number of pyridine rings is 3. The second-order valence-electron chi connectivity index (χ2n) is 9.05. The molecule has 1 aromatic carbocycles. The van der Waals surface area contributed by atoms with Crippen LogP contribution in [0.25, 0.3) is 22.3 Å². The van der Waals surface area contributed by atoms with Crippen LogP contribution in [0.15, 0.2) is 48.8 Å². The number of nitrogens with one attached hydrogen (secondary N) is 1. The Morgan fingerprint density at radius 1 is 1.18 bits per heavy atom. The molecular formula is C27H29Cl4FN6O2. The van der Waals surface area contributed by atoms with Gasteiger partial charge >= 0.3 is 0 Å². The van der Waals surface area contributed by atoms with E-state index >= 15 is 0 Å². The van der Waals surface area contributed by atoms with Crippen molar-refractivity contribution in [2.24, 2.45) is 5.73 Å². The average molecular weight is 630 g/mol. The topological polar surface area (TPSA) is 117 Å². The second kappa shape index (κ2) is 14.1. The first-order valence-corrected chi connectivity index (χ1v) is 12.5. The molecule has 4 aromatic rings. The zero-order valence-electron chi connectivity index (χ0n) is 21.4. The van der Waals surface area contributed by atoms with Gasteiger partial charge in [0.15, 0.2) is 17.3 Å². The first-order valence-electron chi connectivity index (χ1n) is 12.1. The minimum atomic E-state index is -0.850. The fraction of sp³-hybridized carbons (Fsp3) is 0.259. The Morgan fingerprint density at radius 2 is 1.95 bits per heavy atom. The van der Waals surface area contributed by atoms with Gasteiger partial charge in [0.25, 0.3) is 0 Å². The van der Waals surface area contributed by atoms with E-state index in [2.05, 4.69) is 20.2 Å². The van der Waals surface area contributed by atoms with Gasteiger partial charge in [-0.1, -0.05) is 18.5 Å². The molecule has 1 fully saturated rings. The van der Waals surface area contributed by atoms with Gasteiger partial charge in [-0.2, -0.15) is 0 Å². The Hall–Kier alpha value is -2.95. The fourth-order valence-corrected chi connectivity index (χ4v) is 4.69. The maximum atomic E-state index is 14.2. The summed E-state index contributed by atoms with van der Waals surface area (Å²) in [7, 11) is 0. The molecule has 13 heteroatoms. The summed E-state index contributed by atoms with van der Waals surface area (Å²) in [5, 5.41) is 12.9. The van der Waals surface area contributed by atoms with Crippen LogP contribution in [0, 0.1) is 5.82 Å². The molecule has 8 nitrogen and oxygen atoms in total. The highest BCUT2D eigenvalue weighted by Gasteiger charge is 2.20. The molecule has 40 heavy (non-hydrogen) atoms. The number of nitrogens with zero attached hydrogens (tertiary/aromatic N) is 4. The summed E-state index contributed by atoms with van der Waals surface area (Å²) in [5.74, 6) is -0.725. The smallest absolute Gasteiger partial charge is 0.170 e. The quantitative estimate of drug-likeness (QED) is 0.201. The van der Waals surface area contributed by atoms with Crippen LogP contribution in [0.2, 0.25) is 5.02 Å². The monoisotopic (exact) mass is 628 g/mol. The highest BCUT2D eigenvalue weighted by atomic mass is 35.5. The SMILES string of the molecule is CCC(=O)c1cnc2ccc(-c3cc(F)c(O)c(Cl)c3)nc2c1Nc1ccc(N2CCC[C@@H](N)C2)nc1.Cl.Cl.Cl. The zero-order valence-corrected chi connectivity index (χ0v) is 24.6. The van der Waals surface area contributed by atoms with Crippen molar-refractivity contribution >= 4 is 82.8 Å². The van der Waals surface area contributed by atoms with Crippen LogP contribution in [-0.4, -0.2) is 45.0 Å². The van der Waals surface area contributed by atoms with Gasteiger partial charge in [0.05, 0.1) is 39.4 Å². The van der Waals surface area contributed by atoms with Crippen LogP contribution >= 0.6 is 48.8 Å². The second-order valence-corrected chi connectivity index (χ2v) is 9.46. The van der Waals surface area contributed by atoms with Crippen molar-refractivity contribution < 1.29 is 14.3 Å². The summed E-state index contributed by atoms with van der Waals surface area (Å²) in [6, 6.07) is 9.97. The minimum absolute atomic E-state index is 0. The molecule has 4 heterocycles. The van der Waals surface area contributed by atoms with E-state index < -0.39 is 11.6 Å². The van der Waals surface area contributed by atoms with Gasteiger partial charge in [-0.15, -0.1) is 37.2 Å². The number of phenols is 1. The number of hydrogen-bond donors (Lipinski definition) is 3. The summed E-state index contributed by atoms with van der Waals surface area (Å²) in [6.07, 6.45) is 5.56. The molecule has 1 saturated heterocycles. The molecule has 4 N–H and O–H groups in total. The van der Waals surface area contributed by atoms with Gasteiger partial charge in [-0.25, -0.2) is 14.4 Å². The lowest BCUT2D eigenvalue weighted by atomic mass is 10.1. The van der Waals surface area contributed by atoms with Crippen LogP contribution in [-0.2, 0) is 0 Å². The van der Waals surface area contributed by atoms with Gasteiger partial charge in [-0.3, -0.25) is 9.78 Å². The lowest BCUT2D eigenvalue weighted by Gasteiger charge is -2.31. The fourth-order valence-electron chi connectivity index (χ4n) is 4.48. The molecule has 214 valence electrons. The van der Waals surface area contributed by atoms with E-state index in [1.54, 1.807) is 25.3 Å². The number of Topliss-reactive ketones (excluding diaryl/α,β-unsaturated/α-hetero) is 1. The summed E-state index contributed by atoms with van der Waals surface area (Å²) in [5.41, 5.74) is 9.45. The highest BCUT2D eigenvalue weighted by Crippen LogP contribution is 2.34. The van der Waals surface area contributed by atoms with E-state index in [1.165, 1.54) is 12.3 Å². The van der Waals surface area contributed by atoms with E-state index in [9.17, 15) is 14.3 Å². The number of fused-ring (bicyclic) bond motifs is 1. The van der Waals surface area contributed by atoms with Crippen molar-refractivity contribution in [3.8, 4) is 17.0 Å². The van der Waals surface area contributed by atoms with Crippen molar-refractivity contribution in [1.29, 1.82) is 0 Å². The van der Waals surface area contributed by atoms with E-state index in [4.69, 9.17) is 22.3 Å². The molecule has 1 aliphatic rings. The Bertz CT molecular complexity index is 1470. The molecule has 1 aliphatic heterocycles. The van der Waals surface area contributed by atoms with Gasteiger partial charge < -0.3 is 21.1 Å². The third-order valence-corrected chi connectivity index (χ3v) is 6.73. The first kappa shape index (κ1) is 33.3. The van der Waals surface area contributed by atoms with Gasteiger partial charge in [0.1, 0.15) is 11.3 Å². The standard InChI is InChI=1S/C27H26ClFN6O2.3ClH/c1-2-23(36)18-13-31-22-7-6-21(15-10-19(28)27(37)20(29)11-15)34-26(22)25(18)33-17-5-8-24(32-12-17)35-9-3-4-16(30)14-35;;;/h5-8,10-13,16,37H,2-4,9,14,30H2,1H3,(H,31,33);3*1H/t16-;;;/m1.../s1. The molecule has 0 bridgehead atoms. The first-order chi connectivity index (χ1) is 17.8. The van der Waals surface area contributed by atoms with Crippen molar-refractivity contribution in [2.75, 3.05) is 23.3 Å². The van der Waals surface area contributed by atoms with Crippen molar-refractivity contribution in [1.82, 2.24) is 15.0 Å². The number of aromatic hydroxyl groups is 1. The molecule has 0 amide bonds. The van der Waals surface area contributed by atoms with Crippen molar-refractivity contribution in [3.05, 3.63) is 65.2 Å². The average Bonchev–Trinajstić information content (AvgIpc) is 2.91. The largest absolute Gasteiger partial charge is 0.504 e. The number of anilines is 3. The molecule has 0 saturated carbocycles. The molecule has 0 radical (unpaired) electrons. The summed E-state index contributed by atoms with van der Waals surface area (Å²) >= 11 is 5.98. The van der Waals surface area contributed by atoms with E-state index in [0.717, 1.165) is 37.8 Å². The zero-order chi connectivity index (χ0) is 26.1. The highest BCUT2D eigenvalue weighted by molar-refractivity contribution is 6.32. The van der Waals surface area contributed by atoms with Crippen molar-refractivity contribution in [2.45, 2.75) is 32.2 Å². The number of nitrogens with two attached hydrogens (primary N) is 1. The van der Waals surface area contributed by atoms with Crippen molar-refractivity contribution in [3.63, 3.8) is 0 Å². The van der Waals surface area contributed by atoms with Crippen LogP contribution in [0.4, 0.5) is 21.6 Å². The van der Waals surface area contributed by atoms with E-state index in [-0.39, 0.29) is 60.5 Å². The van der Waals surface area contributed by atoms with Gasteiger partial charge in [-0.05, 0) is 49.2 Å². The number of carbonyl (C=O) groups excluding carboxylic acids is 1. The van der Waals surface area contributed by atoms with Crippen LogP contribution in [0.1, 0.15) is 36.5 Å². The van der Waals surface area contributed by atoms with Crippen LogP contribution in [0.3, 0.4) is 0 Å². The Kier molecular flexibility index (Phi) is 11.7. The number of aromatic nitrogens is 3. The molecule has 0 aliphatic carbocycles. The third-order valence-electron chi connectivity index (χ3n) is 6.45. The normalized spacial score (nSPS) is 14.5. The molecule has 1 atom stereocenters. The molecule has 5 rings (SSSR count). The van der Waals surface area contributed by atoms with Gasteiger partial charge in [0.2, 0.25) is 0 Å². The molecule has 3 aromatic heterocycles. The maximum absolute atomic E-state index is 14.2. The lowest BCUT2D eigenvalue weighted by molar-refractivity contribution is 0.0988. The Morgan fingerprint density at radius 3 is 2.60 bits per heavy atom. The van der Waals surface area contributed by atoms with Crippen LogP contribution < -0.4 is 16.0 Å². The Balaban J connectivity index is 0.00000187. The summed E-state index contributed by atoms with van der Waals surface area (Å²) < 4.78 is 14.2. The number of phenolic OH excluding ortho intramolecular Hbond substituents is 1. The minimum Gasteiger partial charge on any atom is -0.504 e. The number of ketones is 1. The predicted molar refractivity (Wildman–Crippen MR) is 165 cm³/mol. The Labute approximate surface area is 254 Å². The number of carbonyl (C=O) groups is 1. The predicted octanol–water partition coefficient (Wildman–Crippen LogP) is 6.72. The maximum Gasteiger partial charge on any atom is 0.170 e. The third kappa shape index (κ3) is 6.85. The molecular weight excluding hydrogens is 601 g/mol. The number of piperidine rings is 1. The van der Waals surface area contributed by atoms with Crippen LogP contribution in [0.5, 0.6) is 5.75 Å². The summed E-state index contributed by atoms with van der Waals surface area (Å²) in [4.78, 5) is 28.7. The van der Waals surface area contributed by atoms with Gasteiger partial charge in [0, 0.05) is 37.3 Å². The number of benzene rings is 1. The van der Waals surface area contributed by atoms with E-state index in [0.29, 0.717) is 39.2 Å².